The number of likely N-dealkylation sites (tertiary alicyclic amines) is 1. The fourth-order valence-corrected chi connectivity index (χ4v) is 2.58. The highest BCUT2D eigenvalue weighted by atomic mass is 16.5. The minimum atomic E-state index is 0.546. The average Bonchev–Trinajstić information content (AvgIpc) is 2.91. The molecule has 106 valence electrons. The molecule has 1 aliphatic rings. The van der Waals surface area contributed by atoms with Gasteiger partial charge in [0.15, 0.2) is 0 Å². The number of hydrogen-bond acceptors (Lipinski definition) is 3. The molecule has 1 aliphatic heterocycles. The minimum absolute atomic E-state index is 0.546. The van der Waals surface area contributed by atoms with Crippen molar-refractivity contribution in [3.05, 3.63) is 29.8 Å². The fourth-order valence-electron chi connectivity index (χ4n) is 2.58. The number of nitrogens with zero attached hydrogens (tertiary/aromatic N) is 1. The average molecular weight is 262 g/mol. The van der Waals surface area contributed by atoms with Crippen molar-refractivity contribution in [1.82, 2.24) is 10.2 Å². The Labute approximate surface area is 116 Å². The van der Waals surface area contributed by atoms with E-state index in [1.165, 1.54) is 31.5 Å². The zero-order chi connectivity index (χ0) is 13.5. The van der Waals surface area contributed by atoms with E-state index in [1.54, 1.807) is 0 Å². The van der Waals surface area contributed by atoms with Crippen molar-refractivity contribution in [2.24, 2.45) is 0 Å². The lowest BCUT2D eigenvalue weighted by atomic mass is 10.2. The second-order valence-corrected chi connectivity index (χ2v) is 5.37. The molecule has 1 atom stereocenters. The molecule has 0 aromatic heterocycles. The minimum Gasteiger partial charge on any atom is -0.494 e. The molecule has 1 N–H and O–H groups in total. The van der Waals surface area contributed by atoms with Crippen LogP contribution in [0.4, 0.5) is 0 Å². The summed E-state index contributed by atoms with van der Waals surface area (Å²) >= 11 is 0. The monoisotopic (exact) mass is 262 g/mol. The van der Waals surface area contributed by atoms with Crippen LogP contribution in [0.3, 0.4) is 0 Å². The first-order valence-electron chi connectivity index (χ1n) is 7.45. The van der Waals surface area contributed by atoms with E-state index in [-0.39, 0.29) is 0 Å². The Kier molecular flexibility index (Phi) is 5.67. The Morgan fingerprint density at radius 3 is 2.53 bits per heavy atom. The summed E-state index contributed by atoms with van der Waals surface area (Å²) in [5.74, 6) is 0.955. The van der Waals surface area contributed by atoms with Crippen molar-refractivity contribution in [3.63, 3.8) is 0 Å². The number of rotatable bonds is 7. The molecular formula is C16H26N2O. The first-order chi connectivity index (χ1) is 9.28. The fraction of sp³-hybridized carbons (Fsp3) is 0.625. The van der Waals surface area contributed by atoms with Crippen LogP contribution in [-0.2, 0) is 6.54 Å². The summed E-state index contributed by atoms with van der Waals surface area (Å²) < 4.78 is 5.45. The van der Waals surface area contributed by atoms with Gasteiger partial charge >= 0.3 is 0 Å². The summed E-state index contributed by atoms with van der Waals surface area (Å²) in [5, 5.41) is 3.59. The molecule has 0 bridgehead atoms. The number of hydrogen-bond donors (Lipinski definition) is 1. The standard InChI is InChI=1S/C16H26N2O/c1-3-19-16-8-6-15(7-9-16)12-17-14(2)13-18-10-4-5-11-18/h6-9,14,17H,3-5,10-13H2,1-2H3. The van der Waals surface area contributed by atoms with Gasteiger partial charge in [-0.2, -0.15) is 0 Å². The molecule has 3 heteroatoms. The van der Waals surface area contributed by atoms with Crippen LogP contribution in [0.1, 0.15) is 32.3 Å². The van der Waals surface area contributed by atoms with Gasteiger partial charge in [-0.15, -0.1) is 0 Å². The highest BCUT2D eigenvalue weighted by Crippen LogP contribution is 2.12. The van der Waals surface area contributed by atoms with Crippen LogP contribution in [0, 0.1) is 0 Å². The zero-order valence-corrected chi connectivity index (χ0v) is 12.2. The van der Waals surface area contributed by atoms with Gasteiger partial charge < -0.3 is 15.0 Å². The second kappa shape index (κ2) is 7.51. The molecule has 19 heavy (non-hydrogen) atoms. The van der Waals surface area contributed by atoms with Crippen molar-refractivity contribution in [2.75, 3.05) is 26.2 Å². The second-order valence-electron chi connectivity index (χ2n) is 5.37. The maximum atomic E-state index is 5.45. The smallest absolute Gasteiger partial charge is 0.119 e. The predicted octanol–water partition coefficient (Wildman–Crippen LogP) is 2.66. The summed E-state index contributed by atoms with van der Waals surface area (Å²) in [4.78, 5) is 2.55. The number of benzene rings is 1. The van der Waals surface area contributed by atoms with Gasteiger partial charge in [0.1, 0.15) is 5.75 Å². The zero-order valence-electron chi connectivity index (χ0n) is 12.2. The van der Waals surface area contributed by atoms with E-state index in [0.717, 1.165) is 25.4 Å². The molecule has 0 radical (unpaired) electrons. The van der Waals surface area contributed by atoms with Crippen molar-refractivity contribution < 1.29 is 4.74 Å². The third-order valence-electron chi connectivity index (χ3n) is 3.62. The van der Waals surface area contributed by atoms with Crippen LogP contribution in [0.25, 0.3) is 0 Å². The lowest BCUT2D eigenvalue weighted by Gasteiger charge is -2.21. The van der Waals surface area contributed by atoms with E-state index in [4.69, 9.17) is 4.74 Å². The molecule has 3 nitrogen and oxygen atoms in total. The summed E-state index contributed by atoms with van der Waals surface area (Å²) in [5.41, 5.74) is 1.32. The highest BCUT2D eigenvalue weighted by Gasteiger charge is 2.13. The van der Waals surface area contributed by atoms with Gasteiger partial charge in [0, 0.05) is 19.1 Å². The maximum absolute atomic E-state index is 5.45. The van der Waals surface area contributed by atoms with Gasteiger partial charge in [-0.25, -0.2) is 0 Å². The predicted molar refractivity (Wildman–Crippen MR) is 79.6 cm³/mol. The van der Waals surface area contributed by atoms with E-state index in [9.17, 15) is 0 Å². The van der Waals surface area contributed by atoms with Crippen LogP contribution < -0.4 is 10.1 Å². The third kappa shape index (κ3) is 4.84. The molecule has 1 fully saturated rings. The first-order valence-corrected chi connectivity index (χ1v) is 7.45. The van der Waals surface area contributed by atoms with E-state index >= 15 is 0 Å². The molecule has 1 aromatic rings. The SMILES string of the molecule is CCOc1ccc(CNC(C)CN2CCCC2)cc1. The van der Waals surface area contributed by atoms with Crippen molar-refractivity contribution in [3.8, 4) is 5.75 Å². The van der Waals surface area contributed by atoms with E-state index in [1.807, 2.05) is 19.1 Å². The number of ether oxygens (including phenoxy) is 1. The maximum Gasteiger partial charge on any atom is 0.119 e. The Morgan fingerprint density at radius 1 is 1.21 bits per heavy atom. The van der Waals surface area contributed by atoms with Crippen LogP contribution in [0.5, 0.6) is 5.75 Å². The van der Waals surface area contributed by atoms with Crippen LogP contribution >= 0.6 is 0 Å². The normalized spacial score (nSPS) is 17.6. The molecule has 1 aromatic carbocycles. The Hall–Kier alpha value is -1.06. The lowest BCUT2D eigenvalue weighted by molar-refractivity contribution is 0.298. The van der Waals surface area contributed by atoms with Crippen LogP contribution in [-0.4, -0.2) is 37.2 Å². The van der Waals surface area contributed by atoms with E-state index < -0.39 is 0 Å². The molecular weight excluding hydrogens is 236 g/mol. The quantitative estimate of drug-likeness (QED) is 0.817. The third-order valence-corrected chi connectivity index (χ3v) is 3.62. The molecule has 2 rings (SSSR count). The topological polar surface area (TPSA) is 24.5 Å². The van der Waals surface area contributed by atoms with E-state index in [0.29, 0.717) is 6.04 Å². The van der Waals surface area contributed by atoms with Crippen molar-refractivity contribution in [2.45, 2.75) is 39.3 Å². The molecule has 0 aliphatic carbocycles. The molecule has 0 amide bonds. The Bertz CT molecular complexity index is 358. The number of nitrogens with one attached hydrogen (secondary N) is 1. The van der Waals surface area contributed by atoms with Gasteiger partial charge in [-0.05, 0) is 57.5 Å². The largest absolute Gasteiger partial charge is 0.494 e. The molecule has 0 spiro atoms. The summed E-state index contributed by atoms with van der Waals surface area (Å²) in [6.07, 6.45) is 2.73. The molecule has 1 heterocycles. The summed E-state index contributed by atoms with van der Waals surface area (Å²) in [6, 6.07) is 8.92. The van der Waals surface area contributed by atoms with Gasteiger partial charge in [-0.1, -0.05) is 12.1 Å². The summed E-state index contributed by atoms with van der Waals surface area (Å²) in [6.45, 7) is 9.65. The Balaban J connectivity index is 1.71. The van der Waals surface area contributed by atoms with Crippen molar-refractivity contribution in [1.29, 1.82) is 0 Å². The molecule has 1 unspecified atom stereocenters. The van der Waals surface area contributed by atoms with Crippen LogP contribution in [0.15, 0.2) is 24.3 Å². The summed E-state index contributed by atoms with van der Waals surface area (Å²) in [7, 11) is 0. The van der Waals surface area contributed by atoms with Gasteiger partial charge in [0.2, 0.25) is 0 Å². The van der Waals surface area contributed by atoms with Crippen LogP contribution in [0.2, 0.25) is 0 Å². The van der Waals surface area contributed by atoms with Gasteiger partial charge in [0.05, 0.1) is 6.61 Å². The highest BCUT2D eigenvalue weighted by molar-refractivity contribution is 5.27. The molecule has 1 saturated heterocycles. The molecule has 0 saturated carbocycles. The van der Waals surface area contributed by atoms with Gasteiger partial charge in [-0.3, -0.25) is 0 Å². The van der Waals surface area contributed by atoms with Crippen molar-refractivity contribution >= 4 is 0 Å². The first kappa shape index (κ1) is 14.4. The van der Waals surface area contributed by atoms with E-state index in [2.05, 4.69) is 29.3 Å². The Morgan fingerprint density at radius 2 is 1.89 bits per heavy atom. The van der Waals surface area contributed by atoms with Gasteiger partial charge in [0.25, 0.3) is 0 Å². The lowest BCUT2D eigenvalue weighted by Crippen LogP contribution is -2.37.